The first kappa shape index (κ1) is 14.9. The molecule has 0 fully saturated rings. The smallest absolute Gasteiger partial charge is 0.128 e. The molecule has 1 aromatic carbocycles. The van der Waals surface area contributed by atoms with Crippen molar-refractivity contribution in [3.05, 3.63) is 47.8 Å². The summed E-state index contributed by atoms with van der Waals surface area (Å²) in [5.74, 6) is -0.195. The van der Waals surface area contributed by atoms with Crippen LogP contribution >= 0.6 is 0 Å². The summed E-state index contributed by atoms with van der Waals surface area (Å²) in [6.07, 6.45) is 3.73. The number of ether oxygens (including phenoxy) is 1. The van der Waals surface area contributed by atoms with Gasteiger partial charge in [0.15, 0.2) is 0 Å². The minimum absolute atomic E-state index is 0.195. The van der Waals surface area contributed by atoms with E-state index < -0.39 is 0 Å². The topological polar surface area (TPSA) is 21.3 Å². The lowest BCUT2D eigenvalue weighted by Gasteiger charge is -2.08. The average Bonchev–Trinajstić information content (AvgIpc) is 2.39. The van der Waals surface area contributed by atoms with Crippen LogP contribution in [0.5, 0.6) is 0 Å². The Morgan fingerprint density at radius 3 is 3.00 bits per heavy atom. The number of unbranched alkanes of at least 4 members (excludes halogenated alkanes) is 1. The maximum Gasteiger partial charge on any atom is 0.128 e. The highest BCUT2D eigenvalue weighted by molar-refractivity contribution is 5.24. The van der Waals surface area contributed by atoms with E-state index in [0.717, 1.165) is 31.5 Å². The van der Waals surface area contributed by atoms with Crippen molar-refractivity contribution in [3.63, 3.8) is 0 Å². The molecule has 3 heteroatoms. The van der Waals surface area contributed by atoms with Gasteiger partial charge in [0.25, 0.3) is 0 Å². The summed E-state index contributed by atoms with van der Waals surface area (Å²) in [4.78, 5) is 0. The fourth-order valence-corrected chi connectivity index (χ4v) is 1.63. The summed E-state index contributed by atoms with van der Waals surface area (Å²) in [6, 6.07) is 5.18. The van der Waals surface area contributed by atoms with Gasteiger partial charge in [-0.2, -0.15) is 0 Å². The lowest BCUT2D eigenvalue weighted by Crippen LogP contribution is -2.12. The van der Waals surface area contributed by atoms with E-state index >= 15 is 0 Å². The first-order valence-electron chi connectivity index (χ1n) is 6.44. The van der Waals surface area contributed by atoms with Gasteiger partial charge in [0.05, 0.1) is 6.61 Å². The van der Waals surface area contributed by atoms with Gasteiger partial charge in [0.1, 0.15) is 5.82 Å². The van der Waals surface area contributed by atoms with Crippen molar-refractivity contribution < 1.29 is 9.13 Å². The number of hydrogen-bond acceptors (Lipinski definition) is 2. The average molecular weight is 251 g/mol. The van der Waals surface area contributed by atoms with Crippen LogP contribution in [-0.4, -0.2) is 13.2 Å². The highest BCUT2D eigenvalue weighted by atomic mass is 19.1. The Bertz CT molecular complexity index is 366. The number of rotatable bonds is 9. The van der Waals surface area contributed by atoms with E-state index in [2.05, 4.69) is 11.9 Å². The molecule has 0 saturated heterocycles. The van der Waals surface area contributed by atoms with Crippen LogP contribution < -0.4 is 5.32 Å². The predicted molar refractivity (Wildman–Crippen MR) is 72.9 cm³/mol. The molecule has 1 rings (SSSR count). The molecule has 0 spiro atoms. The van der Waals surface area contributed by atoms with E-state index in [1.807, 2.05) is 19.1 Å². The Balaban J connectivity index is 2.44. The number of halogens is 1. The lowest BCUT2D eigenvalue weighted by atomic mass is 10.1. The number of nitrogens with one attached hydrogen (secondary N) is 1. The second kappa shape index (κ2) is 8.84. The fourth-order valence-electron chi connectivity index (χ4n) is 1.63. The lowest BCUT2D eigenvalue weighted by molar-refractivity contribution is 0.116. The van der Waals surface area contributed by atoms with Gasteiger partial charge in [-0.15, -0.1) is 6.58 Å². The van der Waals surface area contributed by atoms with Crippen LogP contribution in [0.3, 0.4) is 0 Å². The fraction of sp³-hybridized carbons (Fsp3) is 0.467. The molecule has 0 amide bonds. The zero-order chi connectivity index (χ0) is 13.2. The van der Waals surface area contributed by atoms with Crippen molar-refractivity contribution in [3.8, 4) is 0 Å². The van der Waals surface area contributed by atoms with Crippen LogP contribution in [0.25, 0.3) is 0 Å². The predicted octanol–water partition coefficient (Wildman–Crippen LogP) is 3.42. The Hall–Kier alpha value is -1.19. The molecule has 0 aliphatic heterocycles. The summed E-state index contributed by atoms with van der Waals surface area (Å²) in [5.41, 5.74) is 1.71. The van der Waals surface area contributed by atoms with Gasteiger partial charge in [0, 0.05) is 18.7 Å². The molecule has 0 atom stereocenters. The minimum Gasteiger partial charge on any atom is -0.377 e. The molecule has 0 heterocycles. The summed E-state index contributed by atoms with van der Waals surface area (Å²) in [7, 11) is 0. The molecule has 0 radical (unpaired) electrons. The molecule has 1 aromatic rings. The second-order valence-corrected chi connectivity index (χ2v) is 4.19. The van der Waals surface area contributed by atoms with Gasteiger partial charge in [-0.05, 0) is 37.1 Å². The third-order valence-electron chi connectivity index (χ3n) is 2.64. The van der Waals surface area contributed by atoms with Gasteiger partial charge in [-0.1, -0.05) is 19.1 Å². The number of allylic oxidation sites excluding steroid dienone is 1. The zero-order valence-electron chi connectivity index (χ0n) is 11.0. The SMILES string of the molecule is C=CCCCOCc1cc(CNCC)ccc1F. The van der Waals surface area contributed by atoms with Crippen LogP contribution in [0.2, 0.25) is 0 Å². The Morgan fingerprint density at radius 2 is 2.28 bits per heavy atom. The summed E-state index contributed by atoms with van der Waals surface area (Å²) < 4.78 is 19.0. The molecule has 18 heavy (non-hydrogen) atoms. The van der Waals surface area contributed by atoms with Crippen molar-refractivity contribution in [1.29, 1.82) is 0 Å². The highest BCUT2D eigenvalue weighted by Gasteiger charge is 2.03. The van der Waals surface area contributed by atoms with E-state index in [0.29, 0.717) is 18.8 Å². The number of benzene rings is 1. The van der Waals surface area contributed by atoms with Crippen molar-refractivity contribution in [1.82, 2.24) is 5.32 Å². The largest absolute Gasteiger partial charge is 0.377 e. The Morgan fingerprint density at radius 1 is 1.44 bits per heavy atom. The summed E-state index contributed by atoms with van der Waals surface area (Å²) in [6.45, 7) is 8.35. The third kappa shape index (κ3) is 5.43. The normalized spacial score (nSPS) is 10.6. The van der Waals surface area contributed by atoms with E-state index in [1.165, 1.54) is 6.07 Å². The van der Waals surface area contributed by atoms with Gasteiger partial charge in [-0.25, -0.2) is 4.39 Å². The first-order chi connectivity index (χ1) is 8.77. The van der Waals surface area contributed by atoms with Crippen molar-refractivity contribution in [2.45, 2.75) is 32.9 Å². The molecule has 0 unspecified atom stereocenters. The summed E-state index contributed by atoms with van der Waals surface area (Å²) in [5, 5.41) is 3.22. The molecule has 0 aromatic heterocycles. The zero-order valence-corrected chi connectivity index (χ0v) is 11.0. The third-order valence-corrected chi connectivity index (χ3v) is 2.64. The van der Waals surface area contributed by atoms with Gasteiger partial charge in [-0.3, -0.25) is 0 Å². The monoisotopic (exact) mass is 251 g/mol. The van der Waals surface area contributed by atoms with E-state index in [9.17, 15) is 4.39 Å². The van der Waals surface area contributed by atoms with Crippen molar-refractivity contribution in [2.75, 3.05) is 13.2 Å². The molecule has 0 aliphatic rings. The van der Waals surface area contributed by atoms with Crippen LogP contribution in [0.4, 0.5) is 4.39 Å². The van der Waals surface area contributed by atoms with Gasteiger partial charge >= 0.3 is 0 Å². The molecular formula is C15H22FNO. The van der Waals surface area contributed by atoms with Gasteiger partial charge < -0.3 is 10.1 Å². The van der Waals surface area contributed by atoms with Crippen LogP contribution in [0.1, 0.15) is 30.9 Å². The van der Waals surface area contributed by atoms with Gasteiger partial charge in [0.2, 0.25) is 0 Å². The Labute approximate surface area is 109 Å². The molecular weight excluding hydrogens is 229 g/mol. The van der Waals surface area contributed by atoms with E-state index in [4.69, 9.17) is 4.74 Å². The standard InChI is InChI=1S/C15H22FNO/c1-3-5-6-9-18-12-14-10-13(11-17-4-2)7-8-15(14)16/h3,7-8,10,17H,1,4-6,9,11-12H2,2H3. The molecule has 1 N–H and O–H groups in total. The first-order valence-corrected chi connectivity index (χ1v) is 6.44. The number of hydrogen-bond donors (Lipinski definition) is 1. The molecule has 0 aliphatic carbocycles. The molecule has 2 nitrogen and oxygen atoms in total. The molecule has 100 valence electrons. The summed E-state index contributed by atoms with van der Waals surface area (Å²) >= 11 is 0. The van der Waals surface area contributed by atoms with Crippen molar-refractivity contribution >= 4 is 0 Å². The minimum atomic E-state index is -0.195. The van der Waals surface area contributed by atoms with Crippen LogP contribution in [0.15, 0.2) is 30.9 Å². The van der Waals surface area contributed by atoms with Crippen molar-refractivity contribution in [2.24, 2.45) is 0 Å². The van der Waals surface area contributed by atoms with E-state index in [1.54, 1.807) is 6.07 Å². The van der Waals surface area contributed by atoms with Crippen LogP contribution in [-0.2, 0) is 17.9 Å². The Kier molecular flexibility index (Phi) is 7.30. The molecule has 0 saturated carbocycles. The second-order valence-electron chi connectivity index (χ2n) is 4.19. The molecule has 0 bridgehead atoms. The maximum atomic E-state index is 13.6. The maximum absolute atomic E-state index is 13.6. The highest BCUT2D eigenvalue weighted by Crippen LogP contribution is 2.12. The quantitative estimate of drug-likeness (QED) is 0.536. The van der Waals surface area contributed by atoms with E-state index in [-0.39, 0.29) is 5.82 Å². The van der Waals surface area contributed by atoms with Crippen LogP contribution in [0, 0.1) is 5.82 Å².